The summed E-state index contributed by atoms with van der Waals surface area (Å²) in [4.78, 5) is 34.5. The average molecular weight is 437 g/mol. The highest BCUT2D eigenvalue weighted by molar-refractivity contribution is 7.22. The maximum absolute atomic E-state index is 13.6. The molecule has 2 amide bonds. The number of nitrogens with zero attached hydrogens (tertiary/aromatic N) is 2. The first-order valence-electron chi connectivity index (χ1n) is 10.2. The van der Waals surface area contributed by atoms with Gasteiger partial charge in [-0.1, -0.05) is 17.4 Å². The number of likely N-dealkylation sites (tertiary alicyclic amines) is 1. The Morgan fingerprint density at radius 3 is 3.06 bits per heavy atom. The molecule has 1 unspecified atom stereocenters. The van der Waals surface area contributed by atoms with Crippen LogP contribution in [-0.2, 0) is 16.0 Å². The quantitative estimate of drug-likeness (QED) is 0.491. The summed E-state index contributed by atoms with van der Waals surface area (Å²) in [6.07, 6.45) is 2.64. The van der Waals surface area contributed by atoms with Crippen molar-refractivity contribution in [3.05, 3.63) is 59.5 Å². The number of thiazole rings is 1. The van der Waals surface area contributed by atoms with Crippen molar-refractivity contribution in [1.29, 1.82) is 0 Å². The van der Waals surface area contributed by atoms with Gasteiger partial charge in [0, 0.05) is 36.6 Å². The van der Waals surface area contributed by atoms with Crippen molar-refractivity contribution < 1.29 is 14.0 Å². The molecule has 1 atom stereocenters. The van der Waals surface area contributed by atoms with Gasteiger partial charge in [0.05, 0.1) is 16.1 Å². The van der Waals surface area contributed by atoms with E-state index in [1.54, 1.807) is 11.0 Å². The smallest absolute Gasteiger partial charge is 0.231 e. The monoisotopic (exact) mass is 436 g/mol. The van der Waals surface area contributed by atoms with Crippen LogP contribution in [0.2, 0.25) is 0 Å². The number of aromatic amines is 1. The molecule has 2 N–H and O–H groups in total. The number of anilines is 1. The number of fused-ring (bicyclic) bond motifs is 2. The van der Waals surface area contributed by atoms with Crippen molar-refractivity contribution in [3.63, 3.8) is 0 Å². The molecule has 1 saturated heterocycles. The maximum atomic E-state index is 13.6. The number of benzene rings is 2. The first-order chi connectivity index (χ1) is 15.0. The standard InChI is InChI=1S/C23H21FN4O2S/c1-13-2-4-19-20(8-13)31-23(26-19)27-22(30)15-9-21(29)28(12-15)7-6-14-11-25-18-5-3-16(24)10-17(14)18/h2-5,8,10-11,15,25H,6-7,9,12H2,1H3,(H,26,27,30). The number of carbonyl (C=O) groups is 2. The van der Waals surface area contributed by atoms with E-state index in [9.17, 15) is 14.0 Å². The third-order valence-electron chi connectivity index (χ3n) is 5.74. The first kappa shape index (κ1) is 19.7. The number of carbonyl (C=O) groups excluding carboxylic acids is 2. The molecule has 1 fully saturated rings. The van der Waals surface area contributed by atoms with E-state index in [2.05, 4.69) is 15.3 Å². The van der Waals surface area contributed by atoms with E-state index >= 15 is 0 Å². The molecular formula is C23H21FN4O2S. The topological polar surface area (TPSA) is 78.1 Å². The fraction of sp³-hybridized carbons (Fsp3) is 0.261. The van der Waals surface area contributed by atoms with Crippen molar-refractivity contribution in [1.82, 2.24) is 14.9 Å². The minimum Gasteiger partial charge on any atom is -0.361 e. The Hall–Kier alpha value is -3.26. The van der Waals surface area contributed by atoms with Crippen LogP contribution in [0.25, 0.3) is 21.1 Å². The van der Waals surface area contributed by atoms with E-state index < -0.39 is 5.92 Å². The molecule has 1 aliphatic rings. The van der Waals surface area contributed by atoms with Gasteiger partial charge < -0.3 is 15.2 Å². The van der Waals surface area contributed by atoms with E-state index in [-0.39, 0.29) is 24.1 Å². The number of hydrogen-bond acceptors (Lipinski definition) is 4. The lowest BCUT2D eigenvalue weighted by Crippen LogP contribution is -2.29. The van der Waals surface area contributed by atoms with Gasteiger partial charge in [-0.25, -0.2) is 9.37 Å². The third-order valence-corrected chi connectivity index (χ3v) is 6.67. The number of halogens is 1. The number of rotatable bonds is 5. The molecule has 0 bridgehead atoms. The fourth-order valence-electron chi connectivity index (χ4n) is 4.07. The number of aryl methyl sites for hydroxylation is 1. The van der Waals surface area contributed by atoms with Crippen LogP contribution in [-0.4, -0.2) is 39.8 Å². The van der Waals surface area contributed by atoms with Crippen LogP contribution < -0.4 is 5.32 Å². The van der Waals surface area contributed by atoms with Gasteiger partial charge in [-0.05, 0) is 54.8 Å². The number of aromatic nitrogens is 2. The predicted octanol–water partition coefficient (Wildman–Crippen LogP) is 4.25. The molecule has 2 aromatic carbocycles. The zero-order valence-electron chi connectivity index (χ0n) is 16.9. The number of nitrogens with one attached hydrogen (secondary N) is 2. The Bertz CT molecular complexity index is 1310. The van der Waals surface area contributed by atoms with Crippen LogP contribution in [0.4, 0.5) is 9.52 Å². The Morgan fingerprint density at radius 2 is 2.19 bits per heavy atom. The summed E-state index contributed by atoms with van der Waals surface area (Å²) < 4.78 is 14.6. The maximum Gasteiger partial charge on any atom is 0.231 e. The van der Waals surface area contributed by atoms with E-state index in [1.807, 2.05) is 31.3 Å². The van der Waals surface area contributed by atoms with Crippen LogP contribution in [0.3, 0.4) is 0 Å². The predicted molar refractivity (Wildman–Crippen MR) is 120 cm³/mol. The molecule has 5 rings (SSSR count). The van der Waals surface area contributed by atoms with Crippen molar-refractivity contribution in [2.75, 3.05) is 18.4 Å². The summed E-state index contributed by atoms with van der Waals surface area (Å²) in [6.45, 7) is 2.89. The first-order valence-corrected chi connectivity index (χ1v) is 11.0. The highest BCUT2D eigenvalue weighted by atomic mass is 32.1. The Labute approximate surface area is 182 Å². The molecule has 6 nitrogen and oxygen atoms in total. The largest absolute Gasteiger partial charge is 0.361 e. The van der Waals surface area contributed by atoms with Gasteiger partial charge in [-0.2, -0.15) is 0 Å². The molecular weight excluding hydrogens is 415 g/mol. The molecule has 0 radical (unpaired) electrons. The fourth-order valence-corrected chi connectivity index (χ4v) is 5.04. The summed E-state index contributed by atoms with van der Waals surface area (Å²) >= 11 is 1.44. The molecule has 1 aliphatic heterocycles. The molecule has 3 heterocycles. The van der Waals surface area contributed by atoms with E-state index in [0.717, 1.165) is 32.2 Å². The molecule has 31 heavy (non-hydrogen) atoms. The Balaban J connectivity index is 1.22. The number of amides is 2. The SMILES string of the molecule is Cc1ccc2nc(NC(=O)C3CC(=O)N(CCc4c[nH]c5ccc(F)cc45)C3)sc2c1. The van der Waals surface area contributed by atoms with Gasteiger partial charge in [0.25, 0.3) is 0 Å². The van der Waals surface area contributed by atoms with E-state index in [4.69, 9.17) is 0 Å². The second-order valence-corrected chi connectivity index (χ2v) is 9.00. The Kier molecular flexibility index (Phi) is 4.94. The summed E-state index contributed by atoms with van der Waals surface area (Å²) in [6, 6.07) is 10.6. The number of H-pyrrole nitrogens is 1. The van der Waals surface area contributed by atoms with Crippen LogP contribution in [0.1, 0.15) is 17.5 Å². The van der Waals surface area contributed by atoms with Crippen molar-refractivity contribution in [2.24, 2.45) is 5.92 Å². The van der Waals surface area contributed by atoms with Crippen LogP contribution in [0.5, 0.6) is 0 Å². The Morgan fingerprint density at radius 1 is 1.32 bits per heavy atom. The summed E-state index contributed by atoms with van der Waals surface area (Å²) in [7, 11) is 0. The molecule has 4 aromatic rings. The normalized spacial score (nSPS) is 16.5. The zero-order valence-corrected chi connectivity index (χ0v) is 17.8. The highest BCUT2D eigenvalue weighted by Crippen LogP contribution is 2.28. The summed E-state index contributed by atoms with van der Waals surface area (Å²) in [5, 5.41) is 4.26. The number of hydrogen-bond donors (Lipinski definition) is 2. The summed E-state index contributed by atoms with van der Waals surface area (Å²) in [5.74, 6) is -0.902. The second-order valence-electron chi connectivity index (χ2n) is 7.97. The van der Waals surface area contributed by atoms with Crippen LogP contribution in [0.15, 0.2) is 42.6 Å². The van der Waals surface area contributed by atoms with Gasteiger partial charge >= 0.3 is 0 Å². The zero-order chi connectivity index (χ0) is 21.5. The minimum atomic E-state index is -0.401. The molecule has 2 aromatic heterocycles. The summed E-state index contributed by atoms with van der Waals surface area (Å²) in [5.41, 5.74) is 3.82. The lowest BCUT2D eigenvalue weighted by Gasteiger charge is -2.16. The molecule has 0 aliphatic carbocycles. The van der Waals surface area contributed by atoms with E-state index in [1.165, 1.54) is 23.5 Å². The van der Waals surface area contributed by atoms with Gasteiger partial charge in [0.15, 0.2) is 5.13 Å². The third kappa shape index (κ3) is 3.90. The molecule has 8 heteroatoms. The van der Waals surface area contributed by atoms with Crippen molar-refractivity contribution in [2.45, 2.75) is 19.8 Å². The molecule has 0 spiro atoms. The van der Waals surface area contributed by atoms with Gasteiger partial charge in [-0.3, -0.25) is 9.59 Å². The van der Waals surface area contributed by atoms with Crippen molar-refractivity contribution in [3.8, 4) is 0 Å². The minimum absolute atomic E-state index is 0.0360. The van der Waals surface area contributed by atoms with Crippen LogP contribution >= 0.6 is 11.3 Å². The average Bonchev–Trinajstić information content (AvgIpc) is 3.42. The van der Waals surface area contributed by atoms with E-state index in [0.29, 0.717) is 24.6 Å². The van der Waals surface area contributed by atoms with Gasteiger partial charge in [0.1, 0.15) is 5.82 Å². The lowest BCUT2D eigenvalue weighted by atomic mass is 10.1. The van der Waals surface area contributed by atoms with Crippen LogP contribution in [0, 0.1) is 18.7 Å². The molecule has 158 valence electrons. The van der Waals surface area contributed by atoms with Gasteiger partial charge in [0.2, 0.25) is 11.8 Å². The second kappa shape index (κ2) is 7.77. The highest BCUT2D eigenvalue weighted by Gasteiger charge is 2.34. The lowest BCUT2D eigenvalue weighted by molar-refractivity contribution is -0.128. The van der Waals surface area contributed by atoms with Gasteiger partial charge in [-0.15, -0.1) is 0 Å². The molecule has 0 saturated carbocycles. The van der Waals surface area contributed by atoms with Crippen molar-refractivity contribution >= 4 is 49.4 Å².